The summed E-state index contributed by atoms with van der Waals surface area (Å²) in [6, 6.07) is 0. The van der Waals surface area contributed by atoms with Crippen LogP contribution in [0.15, 0.2) is 12.4 Å². The van der Waals surface area contributed by atoms with Crippen LogP contribution in [0.2, 0.25) is 0 Å². The average molecular weight is 279 g/mol. The van der Waals surface area contributed by atoms with Crippen LogP contribution in [-0.2, 0) is 0 Å². The Kier molecular flexibility index (Phi) is 6.05. The Morgan fingerprint density at radius 3 is 2.90 bits per heavy atom. The van der Waals surface area contributed by atoms with E-state index in [0.29, 0.717) is 24.7 Å². The highest BCUT2D eigenvalue weighted by Crippen LogP contribution is 2.22. The van der Waals surface area contributed by atoms with Crippen molar-refractivity contribution in [3.05, 3.63) is 12.4 Å². The molecule has 1 aliphatic carbocycles. The first kappa shape index (κ1) is 15.0. The van der Waals surface area contributed by atoms with Crippen molar-refractivity contribution in [2.45, 2.75) is 64.1 Å². The molecule has 0 bridgehead atoms. The summed E-state index contributed by atoms with van der Waals surface area (Å²) in [5, 5.41) is 12.7. The second-order valence-electron chi connectivity index (χ2n) is 5.40. The maximum Gasteiger partial charge on any atom is 0.234 e. The average Bonchev–Trinajstić information content (AvgIpc) is 2.48. The van der Waals surface area contributed by atoms with Crippen molar-refractivity contribution < 1.29 is 9.84 Å². The second kappa shape index (κ2) is 8.04. The maximum atomic E-state index is 9.51. The first-order valence-corrected chi connectivity index (χ1v) is 7.68. The molecule has 0 radical (unpaired) electrons. The molecule has 0 aromatic carbocycles. The van der Waals surface area contributed by atoms with Gasteiger partial charge in [-0.3, -0.25) is 4.98 Å². The van der Waals surface area contributed by atoms with Crippen LogP contribution in [0.1, 0.15) is 51.9 Å². The van der Waals surface area contributed by atoms with E-state index in [1.54, 1.807) is 12.4 Å². The van der Waals surface area contributed by atoms with Gasteiger partial charge in [0.25, 0.3) is 0 Å². The molecule has 1 fully saturated rings. The molecule has 5 nitrogen and oxygen atoms in total. The molecular formula is C15H25N3O2. The Labute approximate surface area is 120 Å². The number of aromatic nitrogens is 2. The molecule has 0 amide bonds. The lowest BCUT2D eigenvalue weighted by molar-refractivity contribution is 0.148. The topological polar surface area (TPSA) is 67.3 Å². The predicted molar refractivity (Wildman–Crippen MR) is 78.9 cm³/mol. The molecule has 0 spiro atoms. The zero-order valence-corrected chi connectivity index (χ0v) is 12.2. The molecule has 1 heterocycles. The number of aliphatic hydroxyl groups excluding tert-OH is 1. The van der Waals surface area contributed by atoms with Crippen molar-refractivity contribution in [1.29, 1.82) is 0 Å². The number of hydrogen-bond donors (Lipinski definition) is 2. The monoisotopic (exact) mass is 279 g/mol. The van der Waals surface area contributed by atoms with Crippen LogP contribution in [0.25, 0.3) is 0 Å². The first-order chi connectivity index (χ1) is 9.78. The van der Waals surface area contributed by atoms with E-state index in [1.165, 1.54) is 19.3 Å². The van der Waals surface area contributed by atoms with Gasteiger partial charge in [-0.05, 0) is 38.5 Å². The Morgan fingerprint density at radius 2 is 2.15 bits per heavy atom. The number of aliphatic hydroxyl groups is 1. The van der Waals surface area contributed by atoms with Crippen LogP contribution in [0, 0.1) is 0 Å². The summed E-state index contributed by atoms with van der Waals surface area (Å²) < 4.78 is 5.88. The minimum Gasteiger partial charge on any atom is -0.473 e. The Balaban J connectivity index is 1.80. The molecule has 1 aromatic heterocycles. The third kappa shape index (κ3) is 4.96. The van der Waals surface area contributed by atoms with E-state index < -0.39 is 0 Å². The lowest BCUT2D eigenvalue weighted by Crippen LogP contribution is -2.20. The van der Waals surface area contributed by atoms with Crippen molar-refractivity contribution in [1.82, 2.24) is 9.97 Å². The van der Waals surface area contributed by atoms with Crippen molar-refractivity contribution in [3.8, 4) is 5.88 Å². The van der Waals surface area contributed by atoms with Gasteiger partial charge >= 0.3 is 0 Å². The van der Waals surface area contributed by atoms with Crippen molar-refractivity contribution in [2.75, 3.05) is 11.9 Å². The summed E-state index contributed by atoms with van der Waals surface area (Å²) >= 11 is 0. The highest BCUT2D eigenvalue weighted by molar-refractivity contribution is 5.33. The van der Waals surface area contributed by atoms with Gasteiger partial charge in [0.15, 0.2) is 0 Å². The molecular weight excluding hydrogens is 254 g/mol. The number of hydrogen-bond acceptors (Lipinski definition) is 5. The Morgan fingerprint density at radius 1 is 1.35 bits per heavy atom. The highest BCUT2D eigenvalue weighted by Gasteiger charge is 2.15. The van der Waals surface area contributed by atoms with Crippen molar-refractivity contribution in [2.24, 2.45) is 0 Å². The molecule has 1 aliphatic rings. The lowest BCUT2D eigenvalue weighted by Gasteiger charge is -2.22. The molecule has 1 saturated carbocycles. The van der Waals surface area contributed by atoms with Crippen molar-refractivity contribution >= 4 is 5.82 Å². The van der Waals surface area contributed by atoms with Gasteiger partial charge in [-0.15, -0.1) is 0 Å². The second-order valence-corrected chi connectivity index (χ2v) is 5.40. The van der Waals surface area contributed by atoms with Gasteiger partial charge in [-0.25, -0.2) is 0 Å². The molecule has 1 atom stereocenters. The van der Waals surface area contributed by atoms with E-state index in [9.17, 15) is 5.11 Å². The third-order valence-corrected chi connectivity index (χ3v) is 3.71. The molecule has 112 valence electrons. The largest absolute Gasteiger partial charge is 0.473 e. The van der Waals surface area contributed by atoms with Gasteiger partial charge < -0.3 is 15.2 Å². The van der Waals surface area contributed by atoms with Crippen LogP contribution in [0.3, 0.4) is 0 Å². The van der Waals surface area contributed by atoms with Gasteiger partial charge in [-0.2, -0.15) is 4.98 Å². The molecule has 0 aliphatic heterocycles. The minimum atomic E-state index is -0.253. The SMILES string of the molecule is CCC(O)CCNc1cncc(OC2CCCCC2)n1. The van der Waals surface area contributed by atoms with E-state index in [4.69, 9.17) is 4.74 Å². The number of nitrogens with zero attached hydrogens (tertiary/aromatic N) is 2. The molecule has 1 unspecified atom stereocenters. The number of nitrogens with one attached hydrogen (secondary N) is 1. The van der Waals surface area contributed by atoms with Gasteiger partial charge in [0.1, 0.15) is 11.9 Å². The van der Waals surface area contributed by atoms with Gasteiger partial charge in [0.2, 0.25) is 5.88 Å². The lowest BCUT2D eigenvalue weighted by atomic mass is 9.98. The van der Waals surface area contributed by atoms with Crippen LogP contribution >= 0.6 is 0 Å². The smallest absolute Gasteiger partial charge is 0.234 e. The maximum absolute atomic E-state index is 9.51. The number of ether oxygens (including phenoxy) is 1. The summed E-state index contributed by atoms with van der Waals surface area (Å²) in [6.45, 7) is 2.67. The minimum absolute atomic E-state index is 0.253. The third-order valence-electron chi connectivity index (χ3n) is 3.71. The molecule has 20 heavy (non-hydrogen) atoms. The van der Waals surface area contributed by atoms with Crippen LogP contribution in [0.4, 0.5) is 5.82 Å². The molecule has 0 saturated heterocycles. The number of rotatable bonds is 7. The van der Waals surface area contributed by atoms with Crippen LogP contribution < -0.4 is 10.1 Å². The Hall–Kier alpha value is -1.36. The predicted octanol–water partition coefficient (Wildman–Crippen LogP) is 2.76. The zero-order chi connectivity index (χ0) is 14.2. The summed E-state index contributed by atoms with van der Waals surface area (Å²) in [7, 11) is 0. The summed E-state index contributed by atoms with van der Waals surface area (Å²) in [4.78, 5) is 8.57. The number of anilines is 1. The fraction of sp³-hybridized carbons (Fsp3) is 0.733. The van der Waals surface area contributed by atoms with E-state index in [2.05, 4.69) is 15.3 Å². The normalized spacial score (nSPS) is 17.7. The fourth-order valence-electron chi connectivity index (χ4n) is 2.41. The molecule has 2 N–H and O–H groups in total. The quantitative estimate of drug-likeness (QED) is 0.803. The van der Waals surface area contributed by atoms with E-state index in [1.807, 2.05) is 6.92 Å². The van der Waals surface area contributed by atoms with Crippen molar-refractivity contribution in [3.63, 3.8) is 0 Å². The van der Waals surface area contributed by atoms with E-state index in [-0.39, 0.29) is 12.2 Å². The van der Waals surface area contributed by atoms with Gasteiger partial charge in [-0.1, -0.05) is 13.3 Å². The van der Waals surface area contributed by atoms with E-state index >= 15 is 0 Å². The summed E-state index contributed by atoms with van der Waals surface area (Å²) in [5.74, 6) is 1.31. The van der Waals surface area contributed by atoms with Crippen LogP contribution in [0.5, 0.6) is 5.88 Å². The Bertz CT molecular complexity index is 394. The molecule has 2 rings (SSSR count). The standard InChI is InChI=1S/C15H25N3O2/c1-2-12(19)8-9-17-14-10-16-11-15(18-14)20-13-6-4-3-5-7-13/h10-13,19H,2-9H2,1H3,(H,17,18). The zero-order valence-electron chi connectivity index (χ0n) is 12.2. The van der Waals surface area contributed by atoms with Crippen LogP contribution in [-0.4, -0.2) is 33.8 Å². The molecule has 5 heteroatoms. The summed E-state index contributed by atoms with van der Waals surface area (Å²) in [5.41, 5.74) is 0. The van der Waals surface area contributed by atoms with Gasteiger partial charge in [0, 0.05) is 6.54 Å². The first-order valence-electron chi connectivity index (χ1n) is 7.68. The highest BCUT2D eigenvalue weighted by atomic mass is 16.5. The van der Waals surface area contributed by atoms with Gasteiger partial charge in [0.05, 0.1) is 18.5 Å². The summed E-state index contributed by atoms with van der Waals surface area (Å²) in [6.07, 6.45) is 10.9. The molecule has 1 aromatic rings. The van der Waals surface area contributed by atoms with E-state index in [0.717, 1.165) is 19.3 Å². The fourth-order valence-corrected chi connectivity index (χ4v) is 2.41.